The van der Waals surface area contributed by atoms with E-state index >= 15 is 0 Å². The van der Waals surface area contributed by atoms with Gasteiger partial charge in [-0.15, -0.1) is 11.3 Å². The Balaban J connectivity index is 1.92. The number of aromatic nitrogens is 1. The van der Waals surface area contributed by atoms with Gasteiger partial charge in [-0.25, -0.2) is 8.42 Å². The summed E-state index contributed by atoms with van der Waals surface area (Å²) < 4.78 is 49.1. The lowest BCUT2D eigenvalue weighted by atomic mass is 10.2. The van der Waals surface area contributed by atoms with Crippen LogP contribution in [0.25, 0.3) is 10.6 Å². The zero-order valence-electron chi connectivity index (χ0n) is 15.1. The number of anilines is 1. The van der Waals surface area contributed by atoms with Gasteiger partial charge in [0.1, 0.15) is 4.21 Å². The summed E-state index contributed by atoms with van der Waals surface area (Å²) in [5.74, 6) is 1.59. The highest BCUT2D eigenvalue weighted by Crippen LogP contribution is 2.41. The van der Waals surface area contributed by atoms with E-state index in [0.29, 0.717) is 27.9 Å². The molecule has 1 N–H and O–H groups in total. The number of hydrogen-bond acceptors (Lipinski definition) is 8. The van der Waals surface area contributed by atoms with Crippen molar-refractivity contribution in [1.82, 2.24) is 5.16 Å². The Labute approximate surface area is 160 Å². The lowest BCUT2D eigenvalue weighted by Gasteiger charge is -2.14. The minimum atomic E-state index is -3.81. The molecule has 3 rings (SSSR count). The fourth-order valence-electron chi connectivity index (χ4n) is 2.42. The number of aryl methyl sites for hydroxylation is 1. The maximum absolute atomic E-state index is 12.7. The molecule has 0 radical (unpaired) electrons. The van der Waals surface area contributed by atoms with E-state index < -0.39 is 10.0 Å². The highest BCUT2D eigenvalue weighted by molar-refractivity contribution is 7.94. The minimum Gasteiger partial charge on any atom is -0.493 e. The molecular formula is C17H18N2O6S2. The summed E-state index contributed by atoms with van der Waals surface area (Å²) in [7, 11) is 0.584. The average Bonchev–Trinajstić information content (AvgIpc) is 3.29. The summed E-state index contributed by atoms with van der Waals surface area (Å²) in [5.41, 5.74) is 1.01. The van der Waals surface area contributed by atoms with Crippen molar-refractivity contribution in [3.8, 4) is 27.9 Å². The van der Waals surface area contributed by atoms with Crippen molar-refractivity contribution in [1.29, 1.82) is 0 Å². The molecule has 0 aliphatic carbocycles. The SMILES string of the molecule is COc1cc(NS(=O)(=O)c2ccc(-c3cc(C)no3)s2)cc(OC)c1OC. The van der Waals surface area contributed by atoms with Gasteiger partial charge in [0.15, 0.2) is 17.3 Å². The molecule has 2 aromatic heterocycles. The van der Waals surface area contributed by atoms with Crippen LogP contribution in [0.15, 0.2) is 39.1 Å². The van der Waals surface area contributed by atoms with Crippen LogP contribution in [0.1, 0.15) is 5.69 Å². The third-order valence-corrected chi connectivity index (χ3v) is 6.61. The molecule has 1 aromatic carbocycles. The van der Waals surface area contributed by atoms with Crippen LogP contribution in [0, 0.1) is 6.92 Å². The van der Waals surface area contributed by atoms with Crippen LogP contribution in [0.3, 0.4) is 0 Å². The lowest BCUT2D eigenvalue weighted by molar-refractivity contribution is 0.325. The highest BCUT2D eigenvalue weighted by atomic mass is 32.2. The largest absolute Gasteiger partial charge is 0.493 e. The Bertz CT molecular complexity index is 1030. The van der Waals surface area contributed by atoms with Crippen molar-refractivity contribution < 1.29 is 27.2 Å². The maximum atomic E-state index is 12.7. The first-order valence-electron chi connectivity index (χ1n) is 7.74. The van der Waals surface area contributed by atoms with Crippen molar-refractivity contribution in [2.75, 3.05) is 26.1 Å². The van der Waals surface area contributed by atoms with Gasteiger partial charge in [-0.1, -0.05) is 5.16 Å². The smallest absolute Gasteiger partial charge is 0.271 e. The van der Waals surface area contributed by atoms with Crippen LogP contribution in [0.5, 0.6) is 17.2 Å². The molecular weight excluding hydrogens is 392 g/mol. The lowest BCUT2D eigenvalue weighted by Crippen LogP contribution is -2.11. The van der Waals surface area contributed by atoms with Crippen molar-refractivity contribution in [3.63, 3.8) is 0 Å². The predicted molar refractivity (Wildman–Crippen MR) is 101 cm³/mol. The van der Waals surface area contributed by atoms with Crippen molar-refractivity contribution in [2.45, 2.75) is 11.1 Å². The van der Waals surface area contributed by atoms with E-state index in [-0.39, 0.29) is 9.90 Å². The van der Waals surface area contributed by atoms with E-state index in [2.05, 4.69) is 9.88 Å². The standard InChI is InChI=1S/C17H18N2O6S2/c1-10-7-12(25-18-10)15-5-6-16(26-15)27(20,21)19-11-8-13(22-2)17(24-4)14(9-11)23-3/h5-9,19H,1-4H3. The van der Waals surface area contributed by atoms with Gasteiger partial charge in [0.05, 0.1) is 37.6 Å². The van der Waals surface area contributed by atoms with Crippen molar-refractivity contribution in [2.24, 2.45) is 0 Å². The molecule has 0 amide bonds. The molecule has 144 valence electrons. The van der Waals surface area contributed by atoms with Crippen molar-refractivity contribution in [3.05, 3.63) is 36.0 Å². The number of ether oxygens (including phenoxy) is 3. The second-order valence-corrected chi connectivity index (χ2v) is 8.46. The maximum Gasteiger partial charge on any atom is 0.271 e. The molecule has 3 aromatic rings. The van der Waals surface area contributed by atoms with E-state index in [1.54, 1.807) is 19.1 Å². The van der Waals surface area contributed by atoms with Crippen LogP contribution in [0.2, 0.25) is 0 Å². The summed E-state index contributed by atoms with van der Waals surface area (Å²) in [6, 6.07) is 7.97. The number of rotatable bonds is 7. The average molecular weight is 410 g/mol. The zero-order chi connectivity index (χ0) is 19.6. The summed E-state index contributed by atoms with van der Waals surface area (Å²) in [5, 5.41) is 3.81. The van der Waals surface area contributed by atoms with Crippen LogP contribution in [-0.2, 0) is 10.0 Å². The molecule has 0 spiro atoms. The van der Waals surface area contributed by atoms with Gasteiger partial charge in [-0.3, -0.25) is 4.72 Å². The van der Waals surface area contributed by atoms with Gasteiger partial charge < -0.3 is 18.7 Å². The van der Waals surface area contributed by atoms with Crippen LogP contribution in [0.4, 0.5) is 5.69 Å². The normalized spacial score (nSPS) is 11.3. The van der Waals surface area contributed by atoms with E-state index in [9.17, 15) is 8.42 Å². The first-order chi connectivity index (χ1) is 12.9. The first kappa shape index (κ1) is 19.1. The molecule has 27 heavy (non-hydrogen) atoms. The van der Waals surface area contributed by atoms with Gasteiger partial charge in [0.25, 0.3) is 10.0 Å². The number of hydrogen-bond donors (Lipinski definition) is 1. The van der Waals surface area contributed by atoms with E-state index in [4.69, 9.17) is 18.7 Å². The molecule has 0 aliphatic rings. The fourth-order valence-corrected chi connectivity index (χ4v) is 4.72. The molecule has 0 saturated carbocycles. The molecule has 8 nitrogen and oxygen atoms in total. The summed E-state index contributed by atoms with van der Waals surface area (Å²) in [4.78, 5) is 0.667. The van der Waals surface area contributed by atoms with E-state index in [1.165, 1.54) is 39.5 Å². The Morgan fingerprint density at radius 1 is 1.04 bits per heavy atom. The number of sulfonamides is 1. The van der Waals surface area contributed by atoms with Crippen molar-refractivity contribution >= 4 is 27.0 Å². The number of benzene rings is 1. The Kier molecular flexibility index (Phi) is 5.29. The van der Waals surface area contributed by atoms with Gasteiger partial charge in [0, 0.05) is 18.2 Å². The first-order valence-corrected chi connectivity index (χ1v) is 10.0. The van der Waals surface area contributed by atoms with E-state index in [0.717, 1.165) is 17.0 Å². The number of nitrogens with one attached hydrogen (secondary N) is 1. The molecule has 2 heterocycles. The number of thiophene rings is 1. The summed E-state index contributed by atoms with van der Waals surface area (Å²) in [6.07, 6.45) is 0. The Morgan fingerprint density at radius 3 is 2.22 bits per heavy atom. The monoisotopic (exact) mass is 410 g/mol. The van der Waals surface area contributed by atoms with Gasteiger partial charge in [-0.05, 0) is 19.1 Å². The minimum absolute atomic E-state index is 0.139. The predicted octanol–water partition coefficient (Wildman–Crippen LogP) is 3.54. The zero-order valence-corrected chi connectivity index (χ0v) is 16.7. The number of nitrogens with zero attached hydrogens (tertiary/aromatic N) is 1. The third-order valence-electron chi connectivity index (χ3n) is 3.63. The second-order valence-electron chi connectivity index (χ2n) is 5.47. The molecule has 10 heteroatoms. The third kappa shape index (κ3) is 3.86. The second kappa shape index (κ2) is 7.49. The fraction of sp³-hybridized carbons (Fsp3) is 0.235. The van der Waals surface area contributed by atoms with Gasteiger partial charge in [-0.2, -0.15) is 0 Å². The number of methoxy groups -OCH3 is 3. The van der Waals surface area contributed by atoms with Crippen LogP contribution < -0.4 is 18.9 Å². The molecule has 0 unspecified atom stereocenters. The summed E-state index contributed by atoms with van der Waals surface area (Å²) >= 11 is 1.08. The van der Waals surface area contributed by atoms with E-state index in [1.807, 2.05) is 0 Å². The molecule has 0 bridgehead atoms. The molecule has 0 fully saturated rings. The van der Waals surface area contributed by atoms with Crippen LogP contribution >= 0.6 is 11.3 Å². The topological polar surface area (TPSA) is 99.9 Å². The van der Waals surface area contributed by atoms with Gasteiger partial charge >= 0.3 is 0 Å². The Morgan fingerprint density at radius 2 is 1.70 bits per heavy atom. The van der Waals surface area contributed by atoms with Crippen LogP contribution in [-0.4, -0.2) is 34.9 Å². The van der Waals surface area contributed by atoms with Gasteiger partial charge in [0.2, 0.25) is 5.75 Å². The quantitative estimate of drug-likeness (QED) is 0.636. The summed E-state index contributed by atoms with van der Waals surface area (Å²) in [6.45, 7) is 1.80. The molecule has 0 aliphatic heterocycles. The highest BCUT2D eigenvalue weighted by Gasteiger charge is 2.21. The molecule has 0 atom stereocenters. The molecule has 0 saturated heterocycles. The Hall–Kier alpha value is -2.72.